The highest BCUT2D eigenvalue weighted by Crippen LogP contribution is 2.23. The number of nitriles is 1. The van der Waals surface area contributed by atoms with Gasteiger partial charge in [-0.25, -0.2) is 0 Å². The molecule has 0 atom stereocenters. The van der Waals surface area contributed by atoms with Gasteiger partial charge in [0.05, 0.1) is 11.6 Å². The fraction of sp³-hybridized carbons (Fsp3) is 0.533. The molecule has 4 heteroatoms. The molecule has 1 aliphatic heterocycles. The highest BCUT2D eigenvalue weighted by atomic mass is 79.9. The number of hydrogen-bond acceptors (Lipinski definition) is 3. The van der Waals surface area contributed by atoms with Crippen LogP contribution in [0.2, 0.25) is 0 Å². The SMILES string of the molecule is CC1CCN(CCNc2ccc(C#N)cc2Br)CC1. The van der Waals surface area contributed by atoms with E-state index in [0.717, 1.165) is 29.2 Å². The van der Waals surface area contributed by atoms with E-state index in [-0.39, 0.29) is 0 Å². The van der Waals surface area contributed by atoms with Crippen LogP contribution in [0.5, 0.6) is 0 Å². The summed E-state index contributed by atoms with van der Waals surface area (Å²) >= 11 is 3.49. The fourth-order valence-corrected chi connectivity index (χ4v) is 2.88. The third-order valence-electron chi connectivity index (χ3n) is 3.72. The van der Waals surface area contributed by atoms with Crippen LogP contribution in [0.3, 0.4) is 0 Å². The summed E-state index contributed by atoms with van der Waals surface area (Å²) in [4.78, 5) is 2.52. The molecule has 1 aromatic rings. The summed E-state index contributed by atoms with van der Waals surface area (Å²) in [6, 6.07) is 7.80. The number of anilines is 1. The molecule has 3 nitrogen and oxygen atoms in total. The van der Waals surface area contributed by atoms with Crippen molar-refractivity contribution in [2.45, 2.75) is 19.8 Å². The molecule has 2 rings (SSSR count). The predicted molar refractivity (Wildman–Crippen MR) is 82.2 cm³/mol. The van der Waals surface area contributed by atoms with E-state index in [4.69, 9.17) is 5.26 Å². The van der Waals surface area contributed by atoms with E-state index in [9.17, 15) is 0 Å². The average Bonchev–Trinajstić information content (AvgIpc) is 2.42. The first-order valence-electron chi connectivity index (χ1n) is 6.85. The Kier molecular flexibility index (Phi) is 5.24. The topological polar surface area (TPSA) is 39.1 Å². The van der Waals surface area contributed by atoms with Crippen LogP contribution in [-0.2, 0) is 0 Å². The van der Waals surface area contributed by atoms with Gasteiger partial charge in [0, 0.05) is 23.2 Å². The largest absolute Gasteiger partial charge is 0.383 e. The number of halogens is 1. The van der Waals surface area contributed by atoms with Crippen molar-refractivity contribution >= 4 is 21.6 Å². The van der Waals surface area contributed by atoms with Gasteiger partial charge in [-0.1, -0.05) is 6.92 Å². The molecule has 1 saturated heterocycles. The number of rotatable bonds is 4. The third-order valence-corrected chi connectivity index (χ3v) is 4.37. The fourth-order valence-electron chi connectivity index (χ4n) is 2.36. The molecule has 0 amide bonds. The van der Waals surface area contributed by atoms with Crippen molar-refractivity contribution in [3.63, 3.8) is 0 Å². The summed E-state index contributed by atoms with van der Waals surface area (Å²) in [5.74, 6) is 0.886. The minimum absolute atomic E-state index is 0.683. The van der Waals surface area contributed by atoms with Gasteiger partial charge in [0.25, 0.3) is 0 Å². The van der Waals surface area contributed by atoms with Crippen molar-refractivity contribution in [3.8, 4) is 6.07 Å². The van der Waals surface area contributed by atoms with Gasteiger partial charge in [-0.15, -0.1) is 0 Å². The first-order valence-corrected chi connectivity index (χ1v) is 7.64. The molecular formula is C15H20BrN3. The molecule has 1 aromatic carbocycles. The standard InChI is InChI=1S/C15H20BrN3/c1-12-4-7-19(8-5-12)9-6-18-15-3-2-13(11-17)10-14(15)16/h2-3,10,12,18H,4-9H2,1H3. The normalized spacial score (nSPS) is 17.1. The second-order valence-corrected chi connectivity index (χ2v) is 6.11. The molecule has 0 unspecified atom stereocenters. The van der Waals surface area contributed by atoms with E-state index < -0.39 is 0 Å². The number of piperidine rings is 1. The first-order chi connectivity index (χ1) is 9.19. The Labute approximate surface area is 123 Å². The van der Waals surface area contributed by atoms with E-state index in [1.807, 2.05) is 18.2 Å². The molecule has 0 saturated carbocycles. The monoisotopic (exact) mass is 321 g/mol. The van der Waals surface area contributed by atoms with Crippen molar-refractivity contribution in [2.24, 2.45) is 5.92 Å². The molecule has 1 heterocycles. The van der Waals surface area contributed by atoms with Crippen LogP contribution in [0.25, 0.3) is 0 Å². The molecule has 0 aromatic heterocycles. The smallest absolute Gasteiger partial charge is 0.0992 e. The van der Waals surface area contributed by atoms with E-state index in [0.29, 0.717) is 5.56 Å². The number of benzene rings is 1. The van der Waals surface area contributed by atoms with Crippen LogP contribution in [0, 0.1) is 17.2 Å². The lowest BCUT2D eigenvalue weighted by Crippen LogP contribution is -2.36. The molecule has 0 aliphatic carbocycles. The number of likely N-dealkylation sites (tertiary alicyclic amines) is 1. The molecule has 1 fully saturated rings. The van der Waals surface area contributed by atoms with Gasteiger partial charge in [-0.2, -0.15) is 5.26 Å². The maximum absolute atomic E-state index is 8.82. The summed E-state index contributed by atoms with van der Waals surface area (Å²) in [7, 11) is 0. The maximum atomic E-state index is 8.82. The highest BCUT2D eigenvalue weighted by molar-refractivity contribution is 9.10. The van der Waals surface area contributed by atoms with Crippen LogP contribution in [0.4, 0.5) is 5.69 Å². The molecule has 0 radical (unpaired) electrons. The zero-order chi connectivity index (χ0) is 13.7. The van der Waals surface area contributed by atoms with Crippen LogP contribution in [-0.4, -0.2) is 31.1 Å². The summed E-state index contributed by atoms with van der Waals surface area (Å²) in [6.07, 6.45) is 2.64. The molecule has 0 bridgehead atoms. The Morgan fingerprint density at radius 3 is 2.79 bits per heavy atom. The van der Waals surface area contributed by atoms with Crippen LogP contribution in [0.15, 0.2) is 22.7 Å². The van der Waals surface area contributed by atoms with Crippen LogP contribution >= 0.6 is 15.9 Å². The third kappa shape index (κ3) is 4.22. The number of hydrogen-bond donors (Lipinski definition) is 1. The molecular weight excluding hydrogens is 302 g/mol. The van der Waals surface area contributed by atoms with E-state index in [1.165, 1.54) is 25.9 Å². The Morgan fingerprint density at radius 1 is 1.42 bits per heavy atom. The molecule has 19 heavy (non-hydrogen) atoms. The Bertz CT molecular complexity index is 459. The Morgan fingerprint density at radius 2 is 2.16 bits per heavy atom. The highest BCUT2D eigenvalue weighted by Gasteiger charge is 2.14. The number of nitrogens with zero attached hydrogens (tertiary/aromatic N) is 2. The summed E-state index contributed by atoms with van der Waals surface area (Å²) < 4.78 is 0.957. The summed E-state index contributed by atoms with van der Waals surface area (Å²) in [6.45, 7) is 6.80. The van der Waals surface area contributed by atoms with Gasteiger partial charge in [0.2, 0.25) is 0 Å². The Balaban J connectivity index is 1.78. The van der Waals surface area contributed by atoms with Gasteiger partial charge in [0.15, 0.2) is 0 Å². The zero-order valence-electron chi connectivity index (χ0n) is 11.3. The molecule has 1 N–H and O–H groups in total. The lowest BCUT2D eigenvalue weighted by Gasteiger charge is -2.30. The van der Waals surface area contributed by atoms with Gasteiger partial charge in [-0.05, 0) is 66.0 Å². The minimum Gasteiger partial charge on any atom is -0.383 e. The van der Waals surface area contributed by atoms with Gasteiger partial charge in [0.1, 0.15) is 0 Å². The van der Waals surface area contributed by atoms with E-state index in [2.05, 4.69) is 39.1 Å². The van der Waals surface area contributed by atoms with Gasteiger partial charge < -0.3 is 10.2 Å². The minimum atomic E-state index is 0.683. The van der Waals surface area contributed by atoms with Crippen molar-refractivity contribution in [1.82, 2.24) is 4.90 Å². The van der Waals surface area contributed by atoms with Crippen molar-refractivity contribution in [2.75, 3.05) is 31.5 Å². The van der Waals surface area contributed by atoms with E-state index in [1.54, 1.807) is 0 Å². The second kappa shape index (κ2) is 6.93. The lowest BCUT2D eigenvalue weighted by molar-refractivity contribution is 0.199. The van der Waals surface area contributed by atoms with E-state index >= 15 is 0 Å². The van der Waals surface area contributed by atoms with Crippen molar-refractivity contribution in [3.05, 3.63) is 28.2 Å². The van der Waals surface area contributed by atoms with Gasteiger partial charge >= 0.3 is 0 Å². The molecule has 0 spiro atoms. The maximum Gasteiger partial charge on any atom is 0.0992 e. The zero-order valence-corrected chi connectivity index (χ0v) is 12.9. The van der Waals surface area contributed by atoms with Crippen LogP contribution in [0.1, 0.15) is 25.3 Å². The average molecular weight is 322 g/mol. The Hall–Kier alpha value is -1.05. The first kappa shape index (κ1) is 14.4. The second-order valence-electron chi connectivity index (χ2n) is 5.26. The number of nitrogens with one attached hydrogen (secondary N) is 1. The molecule has 102 valence electrons. The van der Waals surface area contributed by atoms with Crippen molar-refractivity contribution < 1.29 is 0 Å². The van der Waals surface area contributed by atoms with Gasteiger partial charge in [-0.3, -0.25) is 0 Å². The predicted octanol–water partition coefficient (Wildman–Crippen LogP) is 3.46. The quantitative estimate of drug-likeness (QED) is 0.923. The lowest BCUT2D eigenvalue weighted by atomic mass is 9.99. The van der Waals surface area contributed by atoms with Crippen LogP contribution < -0.4 is 5.32 Å². The molecule has 1 aliphatic rings. The summed E-state index contributed by atoms with van der Waals surface area (Å²) in [5.41, 5.74) is 1.74. The van der Waals surface area contributed by atoms with Crippen molar-refractivity contribution in [1.29, 1.82) is 5.26 Å². The summed E-state index contributed by atoms with van der Waals surface area (Å²) in [5, 5.41) is 12.2.